The maximum atomic E-state index is 12.7. The first-order chi connectivity index (χ1) is 10.4. The maximum Gasteiger partial charge on any atom is 0.227 e. The number of Topliss-reactive ketones (excluding diaryl/α,β-unsaturated/α-hetero) is 1. The second-order valence-corrected chi connectivity index (χ2v) is 6.70. The number of amides is 1. The lowest BCUT2D eigenvalue weighted by Gasteiger charge is -2.31. The van der Waals surface area contributed by atoms with Gasteiger partial charge in [-0.3, -0.25) is 4.79 Å². The Morgan fingerprint density at radius 1 is 1.27 bits per heavy atom. The molecule has 1 amide bonds. The van der Waals surface area contributed by atoms with Gasteiger partial charge in [0.1, 0.15) is 5.78 Å². The van der Waals surface area contributed by atoms with Crippen LogP contribution < -0.4 is 4.90 Å². The fourth-order valence-corrected chi connectivity index (χ4v) is 2.82. The number of rotatable bonds is 8. The van der Waals surface area contributed by atoms with Gasteiger partial charge in [0.05, 0.1) is 0 Å². The first kappa shape index (κ1) is 18.9. The minimum atomic E-state index is 0.0151. The third kappa shape index (κ3) is 5.24. The number of anilines is 1. The van der Waals surface area contributed by atoms with E-state index >= 15 is 0 Å². The fourth-order valence-electron chi connectivity index (χ4n) is 2.46. The van der Waals surface area contributed by atoms with Gasteiger partial charge in [0, 0.05) is 29.0 Å². The van der Waals surface area contributed by atoms with Gasteiger partial charge in [-0.1, -0.05) is 35.3 Å². The Bertz CT molecular complexity index is 528. The number of benzene rings is 1. The molecule has 0 saturated carbocycles. The molecule has 1 aromatic rings. The van der Waals surface area contributed by atoms with Crippen LogP contribution in [0.25, 0.3) is 0 Å². The summed E-state index contributed by atoms with van der Waals surface area (Å²) in [7, 11) is 0. The van der Waals surface area contributed by atoms with Gasteiger partial charge < -0.3 is 9.69 Å². The zero-order valence-corrected chi connectivity index (χ0v) is 15.6. The molecule has 0 aliphatic heterocycles. The Morgan fingerprint density at radius 3 is 2.55 bits per heavy atom. The average molecular weight is 368 g/mol. The Balaban J connectivity index is 3.07. The number of carbonyl (C=O) groups is 2. The van der Waals surface area contributed by atoms with E-state index in [2.05, 4.69) is 22.9 Å². The summed E-state index contributed by atoms with van der Waals surface area (Å²) < 4.78 is 0.997. The normalized spacial score (nSPS) is 12.0. The van der Waals surface area contributed by atoms with Crippen LogP contribution in [0.2, 0.25) is 0 Å². The van der Waals surface area contributed by atoms with Crippen LogP contribution in [-0.4, -0.2) is 17.7 Å². The third-order valence-corrected chi connectivity index (χ3v) is 4.73. The molecule has 1 rings (SSSR count). The molecule has 0 bridgehead atoms. The second-order valence-electron chi connectivity index (χ2n) is 5.84. The quantitative estimate of drug-likeness (QED) is 0.645. The molecule has 0 aliphatic carbocycles. The van der Waals surface area contributed by atoms with Crippen molar-refractivity contribution in [1.82, 2.24) is 0 Å². The largest absolute Gasteiger partial charge is 0.309 e. The molecule has 0 N–H and O–H groups in total. The molecule has 0 fully saturated rings. The van der Waals surface area contributed by atoms with Crippen molar-refractivity contribution in [1.29, 1.82) is 0 Å². The summed E-state index contributed by atoms with van der Waals surface area (Å²) in [5.41, 5.74) is 1.99. The lowest BCUT2D eigenvalue weighted by molar-refractivity contribution is -0.120. The molecule has 1 aromatic carbocycles. The molecule has 4 heteroatoms. The average Bonchev–Trinajstić information content (AvgIpc) is 2.47. The van der Waals surface area contributed by atoms with Crippen molar-refractivity contribution in [2.75, 3.05) is 4.90 Å². The number of unbranched alkanes of at least 4 members (excludes halogenated alkanes) is 1. The summed E-state index contributed by atoms with van der Waals surface area (Å²) in [6.07, 6.45) is 3.64. The Labute approximate surface area is 142 Å². The highest BCUT2D eigenvalue weighted by Crippen LogP contribution is 2.30. The van der Waals surface area contributed by atoms with E-state index in [0.717, 1.165) is 28.6 Å². The van der Waals surface area contributed by atoms with Crippen molar-refractivity contribution in [3.8, 4) is 0 Å². The Hall–Kier alpha value is -1.16. The standard InChI is InChI=1S/C18H26BrNO2/c1-5-6-10-18(22)20(13(2)11-12-14(3)21)17-9-7-8-16(19)15(17)4/h7-9,13H,5-6,10-12H2,1-4H3. The van der Waals surface area contributed by atoms with Gasteiger partial charge in [0.25, 0.3) is 0 Å². The molecule has 122 valence electrons. The highest BCUT2D eigenvalue weighted by Gasteiger charge is 2.23. The molecule has 0 aliphatic rings. The summed E-state index contributed by atoms with van der Waals surface area (Å²) in [4.78, 5) is 25.8. The third-order valence-electron chi connectivity index (χ3n) is 3.87. The number of hydrogen-bond donors (Lipinski definition) is 0. The van der Waals surface area contributed by atoms with E-state index in [1.807, 2.05) is 36.9 Å². The summed E-state index contributed by atoms with van der Waals surface area (Å²) in [6.45, 7) is 7.71. The molecule has 0 radical (unpaired) electrons. The van der Waals surface area contributed by atoms with Crippen LogP contribution in [0.3, 0.4) is 0 Å². The van der Waals surface area contributed by atoms with Gasteiger partial charge >= 0.3 is 0 Å². The number of hydrogen-bond acceptors (Lipinski definition) is 2. The highest BCUT2D eigenvalue weighted by atomic mass is 79.9. The molecule has 0 heterocycles. The fraction of sp³-hybridized carbons (Fsp3) is 0.556. The molecule has 0 saturated heterocycles. The second kappa shape index (κ2) is 9.09. The highest BCUT2D eigenvalue weighted by molar-refractivity contribution is 9.10. The molecular weight excluding hydrogens is 342 g/mol. The molecule has 1 atom stereocenters. The number of nitrogens with zero attached hydrogens (tertiary/aromatic N) is 1. The van der Waals surface area contributed by atoms with Gasteiger partial charge in [-0.25, -0.2) is 0 Å². The zero-order valence-electron chi connectivity index (χ0n) is 14.0. The summed E-state index contributed by atoms with van der Waals surface area (Å²) >= 11 is 3.54. The number of ketones is 1. The number of carbonyl (C=O) groups excluding carboxylic acids is 2. The van der Waals surface area contributed by atoms with Crippen molar-refractivity contribution < 1.29 is 9.59 Å². The van der Waals surface area contributed by atoms with Crippen molar-refractivity contribution in [2.24, 2.45) is 0 Å². The Kier molecular flexibility index (Phi) is 7.80. The van der Waals surface area contributed by atoms with Gasteiger partial charge in [-0.15, -0.1) is 0 Å². The van der Waals surface area contributed by atoms with Crippen LogP contribution >= 0.6 is 15.9 Å². The van der Waals surface area contributed by atoms with Crippen molar-refractivity contribution in [3.05, 3.63) is 28.2 Å². The minimum absolute atomic E-state index is 0.0151. The molecule has 0 spiro atoms. The van der Waals surface area contributed by atoms with Crippen LogP contribution in [0.4, 0.5) is 5.69 Å². The van der Waals surface area contributed by atoms with Gasteiger partial charge in [-0.2, -0.15) is 0 Å². The van der Waals surface area contributed by atoms with E-state index in [1.165, 1.54) is 0 Å². The van der Waals surface area contributed by atoms with Gasteiger partial charge in [0.15, 0.2) is 0 Å². The van der Waals surface area contributed by atoms with E-state index in [4.69, 9.17) is 0 Å². The van der Waals surface area contributed by atoms with Crippen LogP contribution in [0, 0.1) is 6.92 Å². The van der Waals surface area contributed by atoms with Crippen molar-refractivity contribution in [2.45, 2.75) is 65.8 Å². The van der Waals surface area contributed by atoms with Crippen LogP contribution in [0.1, 0.15) is 58.4 Å². The van der Waals surface area contributed by atoms with Crippen LogP contribution in [-0.2, 0) is 9.59 Å². The van der Waals surface area contributed by atoms with E-state index in [0.29, 0.717) is 19.3 Å². The van der Waals surface area contributed by atoms with Crippen LogP contribution in [0.5, 0.6) is 0 Å². The smallest absolute Gasteiger partial charge is 0.227 e. The van der Waals surface area contributed by atoms with E-state index in [9.17, 15) is 9.59 Å². The number of halogens is 1. The van der Waals surface area contributed by atoms with Gasteiger partial charge in [-0.05, 0) is 51.3 Å². The molecule has 1 unspecified atom stereocenters. The molecule has 0 aromatic heterocycles. The molecular formula is C18H26BrNO2. The van der Waals surface area contributed by atoms with E-state index in [-0.39, 0.29) is 17.7 Å². The summed E-state index contributed by atoms with van der Waals surface area (Å²) in [5, 5.41) is 0. The topological polar surface area (TPSA) is 37.4 Å². The first-order valence-electron chi connectivity index (χ1n) is 7.95. The lowest BCUT2D eigenvalue weighted by atomic mass is 10.1. The Morgan fingerprint density at radius 2 is 1.95 bits per heavy atom. The summed E-state index contributed by atoms with van der Waals surface area (Å²) in [6, 6.07) is 5.92. The molecule has 22 heavy (non-hydrogen) atoms. The lowest BCUT2D eigenvalue weighted by Crippen LogP contribution is -2.39. The predicted molar refractivity (Wildman–Crippen MR) is 95.3 cm³/mol. The predicted octanol–water partition coefficient (Wildman–Crippen LogP) is 5.04. The monoisotopic (exact) mass is 367 g/mol. The van der Waals surface area contributed by atoms with E-state index < -0.39 is 0 Å². The molecule has 3 nitrogen and oxygen atoms in total. The van der Waals surface area contributed by atoms with Crippen LogP contribution in [0.15, 0.2) is 22.7 Å². The SMILES string of the molecule is CCCCC(=O)N(c1cccc(Br)c1C)C(C)CCC(C)=O. The zero-order chi connectivity index (χ0) is 16.7. The van der Waals surface area contributed by atoms with E-state index in [1.54, 1.807) is 6.92 Å². The minimum Gasteiger partial charge on any atom is -0.309 e. The van der Waals surface area contributed by atoms with Crippen molar-refractivity contribution >= 4 is 33.3 Å². The van der Waals surface area contributed by atoms with Gasteiger partial charge in [0.2, 0.25) is 5.91 Å². The summed E-state index contributed by atoms with van der Waals surface area (Å²) in [5.74, 6) is 0.304. The maximum absolute atomic E-state index is 12.7. The van der Waals surface area contributed by atoms with Crippen molar-refractivity contribution in [3.63, 3.8) is 0 Å². The first-order valence-corrected chi connectivity index (χ1v) is 8.74.